The van der Waals surface area contributed by atoms with Crippen molar-refractivity contribution in [3.8, 4) is 5.75 Å². The van der Waals surface area contributed by atoms with Crippen LogP contribution in [0.5, 0.6) is 5.75 Å². The first-order chi connectivity index (χ1) is 7.28. The van der Waals surface area contributed by atoms with Crippen molar-refractivity contribution in [1.29, 1.82) is 0 Å². The Morgan fingerprint density at radius 1 is 1.33 bits per heavy atom. The first-order valence-electron chi connectivity index (χ1n) is 4.69. The molecule has 2 aromatic rings. The molecule has 0 N–H and O–H groups in total. The third-order valence-electron chi connectivity index (χ3n) is 2.16. The molecule has 0 spiro atoms. The topological polar surface area (TPSA) is 27.1 Å². The average Bonchev–Trinajstić information content (AvgIpc) is 2.65. The van der Waals surface area contributed by atoms with Crippen molar-refractivity contribution < 1.29 is 4.74 Å². The van der Waals surface area contributed by atoms with Gasteiger partial charge in [0, 0.05) is 13.1 Å². The van der Waals surface area contributed by atoms with Crippen LogP contribution in [0.15, 0.2) is 36.7 Å². The second-order valence-electron chi connectivity index (χ2n) is 3.32. The smallest absolute Gasteiger partial charge is 0.118 e. The molecule has 0 saturated heterocycles. The predicted octanol–water partition coefficient (Wildman–Crippen LogP) is 2.00. The van der Waals surface area contributed by atoms with Crippen molar-refractivity contribution in [3.05, 3.63) is 54.7 Å². The van der Waals surface area contributed by atoms with Gasteiger partial charge in [0.1, 0.15) is 5.75 Å². The summed E-state index contributed by atoms with van der Waals surface area (Å²) in [5.41, 5.74) is 1.85. The van der Waals surface area contributed by atoms with Crippen LogP contribution in [0.4, 0.5) is 0 Å². The van der Waals surface area contributed by atoms with Gasteiger partial charge in [0.15, 0.2) is 0 Å². The first kappa shape index (κ1) is 9.77. The molecule has 15 heavy (non-hydrogen) atoms. The number of hydrogen-bond donors (Lipinski definition) is 0. The van der Waals surface area contributed by atoms with Gasteiger partial charge in [-0.05, 0) is 23.3 Å². The minimum Gasteiger partial charge on any atom is -0.497 e. The number of methoxy groups -OCH3 is 1. The van der Waals surface area contributed by atoms with Crippen molar-refractivity contribution in [2.24, 2.45) is 0 Å². The highest BCUT2D eigenvalue weighted by molar-refractivity contribution is 5.27. The first-order valence-corrected chi connectivity index (χ1v) is 4.69. The molecule has 0 aliphatic rings. The lowest BCUT2D eigenvalue weighted by Crippen LogP contribution is -1.99. The van der Waals surface area contributed by atoms with Crippen LogP contribution in [0.25, 0.3) is 0 Å². The van der Waals surface area contributed by atoms with Gasteiger partial charge in [-0.2, -0.15) is 5.10 Å². The zero-order chi connectivity index (χ0) is 10.7. The Balaban J connectivity index is 2.11. The van der Waals surface area contributed by atoms with E-state index in [0.29, 0.717) is 5.56 Å². The summed E-state index contributed by atoms with van der Waals surface area (Å²) in [5, 5.41) is 4.11. The average molecular weight is 200 g/mol. The van der Waals surface area contributed by atoms with Crippen LogP contribution in [0.3, 0.4) is 0 Å². The Morgan fingerprint density at radius 2 is 2.07 bits per heavy atom. The van der Waals surface area contributed by atoms with Crippen LogP contribution in [0, 0.1) is 6.92 Å². The summed E-state index contributed by atoms with van der Waals surface area (Å²) in [6.45, 7) is 6.30. The van der Waals surface area contributed by atoms with E-state index < -0.39 is 0 Å². The minimum atomic E-state index is 0.684. The highest BCUT2D eigenvalue weighted by Crippen LogP contribution is 2.12. The molecule has 76 valence electrons. The maximum absolute atomic E-state index is 5.57. The van der Waals surface area contributed by atoms with Gasteiger partial charge in [-0.3, -0.25) is 4.68 Å². The Morgan fingerprint density at radius 3 is 2.60 bits per heavy atom. The van der Waals surface area contributed by atoms with E-state index in [9.17, 15) is 0 Å². The zero-order valence-corrected chi connectivity index (χ0v) is 8.55. The summed E-state index contributed by atoms with van der Waals surface area (Å²) in [5.74, 6) is 0.860. The molecule has 1 heterocycles. The van der Waals surface area contributed by atoms with Gasteiger partial charge in [0.25, 0.3) is 0 Å². The number of nitrogens with zero attached hydrogens (tertiary/aromatic N) is 2. The number of hydrogen-bond acceptors (Lipinski definition) is 2. The molecule has 2 radical (unpaired) electrons. The second kappa shape index (κ2) is 4.17. The third kappa shape index (κ3) is 2.37. The number of rotatable bonds is 3. The fourth-order valence-corrected chi connectivity index (χ4v) is 1.38. The van der Waals surface area contributed by atoms with Gasteiger partial charge in [-0.1, -0.05) is 12.1 Å². The molecule has 0 atom stereocenters. The molecule has 0 bridgehead atoms. The molecular weight excluding hydrogens is 188 g/mol. The summed E-state index contributed by atoms with van der Waals surface area (Å²) < 4.78 is 6.88. The SMILES string of the molecule is [CH]c1cnn(Cc2ccc(OC)cc2)c1. The molecule has 0 aliphatic heterocycles. The summed E-state index contributed by atoms with van der Waals surface area (Å²) >= 11 is 0. The highest BCUT2D eigenvalue weighted by Gasteiger charge is 1.97. The van der Waals surface area contributed by atoms with E-state index in [1.54, 1.807) is 18.0 Å². The molecular formula is C12H12N2O. The maximum Gasteiger partial charge on any atom is 0.118 e. The summed E-state index contributed by atoms with van der Waals surface area (Å²) in [4.78, 5) is 0. The molecule has 0 saturated carbocycles. The van der Waals surface area contributed by atoms with E-state index in [-0.39, 0.29) is 0 Å². The lowest BCUT2D eigenvalue weighted by Gasteiger charge is -2.03. The third-order valence-corrected chi connectivity index (χ3v) is 2.16. The fourth-order valence-electron chi connectivity index (χ4n) is 1.38. The van der Waals surface area contributed by atoms with Gasteiger partial charge < -0.3 is 4.74 Å². The molecule has 2 rings (SSSR count). The highest BCUT2D eigenvalue weighted by atomic mass is 16.5. The van der Waals surface area contributed by atoms with E-state index in [1.807, 2.05) is 30.5 Å². The zero-order valence-electron chi connectivity index (χ0n) is 8.55. The van der Waals surface area contributed by atoms with Gasteiger partial charge in [-0.25, -0.2) is 0 Å². The molecule has 0 amide bonds. The number of benzene rings is 1. The van der Waals surface area contributed by atoms with Crippen LogP contribution in [-0.4, -0.2) is 16.9 Å². The Hall–Kier alpha value is -1.77. The van der Waals surface area contributed by atoms with Crippen LogP contribution in [-0.2, 0) is 6.54 Å². The van der Waals surface area contributed by atoms with Crippen LogP contribution < -0.4 is 4.74 Å². The largest absolute Gasteiger partial charge is 0.497 e. The van der Waals surface area contributed by atoms with Crippen LogP contribution in [0.2, 0.25) is 0 Å². The molecule has 1 aromatic carbocycles. The van der Waals surface area contributed by atoms with Crippen LogP contribution >= 0.6 is 0 Å². The summed E-state index contributed by atoms with van der Waals surface area (Å²) in [7, 11) is 1.66. The minimum absolute atomic E-state index is 0.684. The van der Waals surface area contributed by atoms with Crippen molar-refractivity contribution >= 4 is 0 Å². The van der Waals surface area contributed by atoms with Crippen molar-refractivity contribution in [2.45, 2.75) is 6.54 Å². The summed E-state index contributed by atoms with van der Waals surface area (Å²) in [6.07, 6.45) is 3.45. The molecule has 3 nitrogen and oxygen atoms in total. The van der Waals surface area contributed by atoms with E-state index in [1.165, 1.54) is 5.56 Å². The monoisotopic (exact) mass is 200 g/mol. The quantitative estimate of drug-likeness (QED) is 0.757. The predicted molar refractivity (Wildman–Crippen MR) is 57.7 cm³/mol. The molecule has 0 fully saturated rings. The van der Waals surface area contributed by atoms with Crippen LogP contribution in [0.1, 0.15) is 11.1 Å². The van der Waals surface area contributed by atoms with Crippen molar-refractivity contribution in [3.63, 3.8) is 0 Å². The van der Waals surface area contributed by atoms with E-state index in [4.69, 9.17) is 11.7 Å². The van der Waals surface area contributed by atoms with E-state index in [0.717, 1.165) is 12.3 Å². The second-order valence-corrected chi connectivity index (χ2v) is 3.32. The van der Waals surface area contributed by atoms with Gasteiger partial charge >= 0.3 is 0 Å². The lowest BCUT2D eigenvalue weighted by atomic mass is 10.2. The Kier molecular flexibility index (Phi) is 2.72. The fraction of sp³-hybridized carbons (Fsp3) is 0.167. The van der Waals surface area contributed by atoms with Gasteiger partial charge in [-0.15, -0.1) is 0 Å². The van der Waals surface area contributed by atoms with E-state index >= 15 is 0 Å². The number of ether oxygens (including phenoxy) is 1. The molecule has 3 heteroatoms. The van der Waals surface area contributed by atoms with E-state index in [2.05, 4.69) is 5.10 Å². The Labute approximate surface area is 89.3 Å². The maximum atomic E-state index is 5.57. The molecule has 0 aliphatic carbocycles. The normalized spacial score (nSPS) is 10.3. The molecule has 0 unspecified atom stereocenters. The Bertz CT molecular complexity index is 431. The van der Waals surface area contributed by atoms with Gasteiger partial charge in [0.05, 0.1) is 19.9 Å². The standard InChI is InChI=1S/C12H12N2O/c1-10-7-13-14(8-10)9-11-3-5-12(15-2)6-4-11/h1,3-8H,9H2,2H3. The lowest BCUT2D eigenvalue weighted by molar-refractivity contribution is 0.414. The van der Waals surface area contributed by atoms with Crippen molar-refractivity contribution in [1.82, 2.24) is 9.78 Å². The molecule has 1 aromatic heterocycles. The van der Waals surface area contributed by atoms with Gasteiger partial charge in [0.2, 0.25) is 0 Å². The number of aromatic nitrogens is 2. The van der Waals surface area contributed by atoms with Crippen molar-refractivity contribution in [2.75, 3.05) is 7.11 Å². The summed E-state index contributed by atoms with van der Waals surface area (Å²) in [6, 6.07) is 7.89.